The largest absolute Gasteiger partial charge is 0.481 e. The summed E-state index contributed by atoms with van der Waals surface area (Å²) in [7, 11) is 0. The SMILES string of the molecule is Cc1ccc(-c2ccc(CCC(O)C(CCN3C(=O)c4ccccc4C3=O)C(=O)O)cc2)cn1. The number of aliphatic carboxylic acids is 1. The summed E-state index contributed by atoms with van der Waals surface area (Å²) in [5, 5.41) is 20.2. The van der Waals surface area contributed by atoms with Crippen LogP contribution in [0.25, 0.3) is 11.1 Å². The number of hydrogen-bond donors (Lipinski definition) is 2. The maximum absolute atomic E-state index is 12.5. The molecule has 2 atom stereocenters. The number of amides is 2. The highest BCUT2D eigenvalue weighted by atomic mass is 16.4. The summed E-state index contributed by atoms with van der Waals surface area (Å²) < 4.78 is 0. The Bertz CT molecular complexity index is 1170. The Hall–Kier alpha value is -3.84. The molecule has 174 valence electrons. The smallest absolute Gasteiger partial charge is 0.309 e. The predicted octanol–water partition coefficient (Wildman–Crippen LogP) is 3.74. The van der Waals surface area contributed by atoms with E-state index in [0.29, 0.717) is 17.5 Å². The van der Waals surface area contributed by atoms with E-state index >= 15 is 0 Å². The fourth-order valence-electron chi connectivity index (χ4n) is 4.21. The lowest BCUT2D eigenvalue weighted by molar-refractivity contribution is -0.146. The number of fused-ring (bicyclic) bond motifs is 1. The van der Waals surface area contributed by atoms with Gasteiger partial charge in [0.2, 0.25) is 0 Å². The van der Waals surface area contributed by atoms with Gasteiger partial charge < -0.3 is 10.2 Å². The molecule has 0 bridgehead atoms. The average Bonchev–Trinajstić information content (AvgIpc) is 3.08. The number of carboxylic acids is 1. The van der Waals surface area contributed by atoms with Gasteiger partial charge in [-0.15, -0.1) is 0 Å². The van der Waals surface area contributed by atoms with Crippen LogP contribution < -0.4 is 0 Å². The summed E-state index contributed by atoms with van der Waals surface area (Å²) in [5.74, 6) is -3.08. The number of aryl methyl sites for hydroxylation is 2. The van der Waals surface area contributed by atoms with Crippen LogP contribution in [0.15, 0.2) is 66.9 Å². The van der Waals surface area contributed by atoms with Gasteiger partial charge in [-0.1, -0.05) is 42.5 Å². The maximum Gasteiger partial charge on any atom is 0.309 e. The number of carbonyl (C=O) groups excluding carboxylic acids is 2. The lowest BCUT2D eigenvalue weighted by Gasteiger charge is -2.22. The van der Waals surface area contributed by atoms with Crippen LogP contribution in [0.3, 0.4) is 0 Å². The lowest BCUT2D eigenvalue weighted by Crippen LogP contribution is -2.36. The van der Waals surface area contributed by atoms with Crippen molar-refractivity contribution in [2.24, 2.45) is 5.92 Å². The molecule has 0 saturated heterocycles. The lowest BCUT2D eigenvalue weighted by atomic mass is 9.93. The van der Waals surface area contributed by atoms with Crippen LogP contribution in [0, 0.1) is 12.8 Å². The predicted molar refractivity (Wildman–Crippen MR) is 126 cm³/mol. The molecule has 3 aromatic rings. The number of nitrogens with zero attached hydrogens (tertiary/aromatic N) is 2. The molecule has 1 aliphatic rings. The van der Waals surface area contributed by atoms with Crippen LogP contribution in [0.4, 0.5) is 0 Å². The van der Waals surface area contributed by atoms with Crippen molar-refractivity contribution in [3.05, 3.63) is 89.2 Å². The normalized spacial score (nSPS) is 14.7. The topological polar surface area (TPSA) is 108 Å². The quantitative estimate of drug-likeness (QED) is 0.473. The number of aliphatic hydroxyl groups is 1. The van der Waals surface area contributed by atoms with E-state index in [1.54, 1.807) is 24.3 Å². The molecule has 4 rings (SSSR count). The second-order valence-electron chi connectivity index (χ2n) is 8.53. The molecule has 2 heterocycles. The van der Waals surface area contributed by atoms with Crippen molar-refractivity contribution in [2.45, 2.75) is 32.3 Å². The molecule has 2 amide bonds. The Balaban J connectivity index is 1.34. The minimum atomic E-state index is -1.15. The van der Waals surface area contributed by atoms with Crippen LogP contribution in [0.1, 0.15) is 44.8 Å². The summed E-state index contributed by atoms with van der Waals surface area (Å²) in [6.07, 6.45) is 1.46. The van der Waals surface area contributed by atoms with Crippen molar-refractivity contribution in [1.29, 1.82) is 0 Å². The molecule has 2 N–H and O–H groups in total. The molecule has 2 aromatic carbocycles. The van der Waals surface area contributed by atoms with E-state index in [-0.39, 0.29) is 19.4 Å². The molecule has 2 unspecified atom stereocenters. The average molecular weight is 459 g/mol. The van der Waals surface area contributed by atoms with Gasteiger partial charge in [-0.3, -0.25) is 24.3 Å². The number of benzene rings is 2. The van der Waals surface area contributed by atoms with E-state index in [9.17, 15) is 24.6 Å². The van der Waals surface area contributed by atoms with Crippen molar-refractivity contribution in [2.75, 3.05) is 6.54 Å². The molecule has 0 spiro atoms. The first-order chi connectivity index (χ1) is 16.3. The highest BCUT2D eigenvalue weighted by molar-refractivity contribution is 6.21. The Labute approximate surface area is 197 Å². The molecule has 34 heavy (non-hydrogen) atoms. The van der Waals surface area contributed by atoms with Crippen LogP contribution in [-0.4, -0.2) is 50.5 Å². The zero-order chi connectivity index (χ0) is 24.2. The van der Waals surface area contributed by atoms with Crippen LogP contribution in [0.2, 0.25) is 0 Å². The summed E-state index contributed by atoms with van der Waals surface area (Å²) in [6.45, 7) is 1.88. The molecule has 1 aromatic heterocycles. The Morgan fingerprint density at radius 2 is 1.53 bits per heavy atom. The van der Waals surface area contributed by atoms with E-state index in [1.165, 1.54) is 0 Å². The van der Waals surface area contributed by atoms with Gasteiger partial charge in [-0.2, -0.15) is 0 Å². The molecule has 7 nitrogen and oxygen atoms in total. The highest BCUT2D eigenvalue weighted by Gasteiger charge is 2.36. The molecule has 0 saturated carbocycles. The van der Waals surface area contributed by atoms with Gasteiger partial charge in [0.1, 0.15) is 0 Å². The van der Waals surface area contributed by atoms with Gasteiger partial charge in [-0.25, -0.2) is 0 Å². The number of hydrogen-bond acceptors (Lipinski definition) is 5. The zero-order valence-electron chi connectivity index (χ0n) is 18.8. The standard InChI is InChI=1S/C27H26N2O5/c1-17-6-10-20(16-28-17)19-11-7-18(8-12-19)9-13-24(30)23(27(33)34)14-15-29-25(31)21-4-2-3-5-22(21)26(29)32/h2-8,10-12,16,23-24,30H,9,13-15H2,1H3,(H,33,34). The molecule has 0 fully saturated rings. The van der Waals surface area contributed by atoms with Crippen LogP contribution >= 0.6 is 0 Å². The number of imide groups is 1. The van der Waals surface area contributed by atoms with E-state index in [4.69, 9.17) is 0 Å². The zero-order valence-corrected chi connectivity index (χ0v) is 18.8. The first-order valence-electron chi connectivity index (χ1n) is 11.2. The van der Waals surface area contributed by atoms with Crippen molar-refractivity contribution in [1.82, 2.24) is 9.88 Å². The number of carboxylic acid groups (broad SMARTS) is 1. The number of carbonyl (C=O) groups is 3. The molecular weight excluding hydrogens is 432 g/mol. The second kappa shape index (κ2) is 9.97. The van der Waals surface area contributed by atoms with Gasteiger partial charge in [0, 0.05) is 24.0 Å². The molecule has 7 heteroatoms. The van der Waals surface area contributed by atoms with Gasteiger partial charge in [0.15, 0.2) is 0 Å². The first-order valence-corrected chi connectivity index (χ1v) is 11.2. The van der Waals surface area contributed by atoms with Crippen LogP contribution in [-0.2, 0) is 11.2 Å². The number of aliphatic hydroxyl groups excluding tert-OH is 1. The van der Waals surface area contributed by atoms with Crippen molar-refractivity contribution in [3.63, 3.8) is 0 Å². The van der Waals surface area contributed by atoms with Crippen LogP contribution in [0.5, 0.6) is 0 Å². The van der Waals surface area contributed by atoms with Gasteiger partial charge in [0.05, 0.1) is 23.1 Å². The monoisotopic (exact) mass is 458 g/mol. The fourth-order valence-corrected chi connectivity index (χ4v) is 4.21. The van der Waals surface area contributed by atoms with Gasteiger partial charge >= 0.3 is 5.97 Å². The summed E-state index contributed by atoms with van der Waals surface area (Å²) >= 11 is 0. The van der Waals surface area contributed by atoms with E-state index in [1.807, 2.05) is 49.5 Å². The third-order valence-electron chi connectivity index (χ3n) is 6.25. The minimum Gasteiger partial charge on any atom is -0.481 e. The van der Waals surface area contributed by atoms with Crippen molar-refractivity contribution < 1.29 is 24.6 Å². The second-order valence-corrected chi connectivity index (χ2v) is 8.53. The first kappa shape index (κ1) is 23.3. The molecule has 0 radical (unpaired) electrons. The van der Waals surface area contributed by atoms with Crippen molar-refractivity contribution >= 4 is 17.8 Å². The van der Waals surface area contributed by atoms with Gasteiger partial charge in [-0.05, 0) is 55.5 Å². The summed E-state index contributed by atoms with van der Waals surface area (Å²) in [5.41, 5.74) is 4.62. The molecule has 0 aliphatic carbocycles. The molecule has 1 aliphatic heterocycles. The number of pyridine rings is 1. The third-order valence-corrected chi connectivity index (χ3v) is 6.25. The Morgan fingerprint density at radius 3 is 2.09 bits per heavy atom. The van der Waals surface area contributed by atoms with E-state index in [0.717, 1.165) is 27.3 Å². The highest BCUT2D eigenvalue weighted by Crippen LogP contribution is 2.25. The Morgan fingerprint density at radius 1 is 0.912 bits per heavy atom. The van der Waals surface area contributed by atoms with E-state index < -0.39 is 29.8 Å². The van der Waals surface area contributed by atoms with E-state index in [2.05, 4.69) is 4.98 Å². The maximum atomic E-state index is 12.5. The molecular formula is C27H26N2O5. The number of rotatable bonds is 9. The summed E-state index contributed by atoms with van der Waals surface area (Å²) in [4.78, 5) is 42.2. The number of aromatic nitrogens is 1. The fraction of sp³-hybridized carbons (Fsp3) is 0.259. The summed E-state index contributed by atoms with van der Waals surface area (Å²) in [6, 6.07) is 18.4. The third kappa shape index (κ3) is 4.89. The minimum absolute atomic E-state index is 0.0126. The van der Waals surface area contributed by atoms with Crippen molar-refractivity contribution in [3.8, 4) is 11.1 Å². The van der Waals surface area contributed by atoms with Gasteiger partial charge in [0.25, 0.3) is 11.8 Å². The Kier molecular flexibility index (Phi) is 6.84.